The fraction of sp³-hybridized carbons (Fsp3) is 0.0500. The highest BCUT2D eigenvalue weighted by Gasteiger charge is 2.20. The second-order valence-corrected chi connectivity index (χ2v) is 6.39. The highest BCUT2D eigenvalue weighted by atomic mass is 16.5. The summed E-state index contributed by atoms with van der Waals surface area (Å²) in [5, 5.41) is 0. The van der Waals surface area contributed by atoms with Crippen molar-refractivity contribution in [3.8, 4) is 17.1 Å². The number of primary amides is 1. The lowest BCUT2D eigenvalue weighted by molar-refractivity contribution is 0.0600. The van der Waals surface area contributed by atoms with Crippen molar-refractivity contribution in [3.63, 3.8) is 0 Å². The predicted octanol–water partition coefficient (Wildman–Crippen LogP) is 1.24. The number of benzene rings is 2. The summed E-state index contributed by atoms with van der Waals surface area (Å²) in [6, 6.07) is 13.0. The van der Waals surface area contributed by atoms with Gasteiger partial charge in [0.05, 0.1) is 18.4 Å². The summed E-state index contributed by atoms with van der Waals surface area (Å²) in [5.74, 6) is -1.19. The zero-order valence-corrected chi connectivity index (χ0v) is 15.7. The third-order valence-corrected chi connectivity index (χ3v) is 4.46. The molecule has 10 nitrogen and oxygen atoms in total. The van der Waals surface area contributed by atoms with Crippen LogP contribution in [-0.2, 0) is 4.74 Å². The number of nitrogens with one attached hydrogen (secondary N) is 1. The summed E-state index contributed by atoms with van der Waals surface area (Å²) >= 11 is 0. The van der Waals surface area contributed by atoms with Crippen LogP contribution in [0, 0.1) is 0 Å². The summed E-state index contributed by atoms with van der Waals surface area (Å²) in [6.07, 6.45) is 0. The summed E-state index contributed by atoms with van der Waals surface area (Å²) in [7, 11) is 1.26. The lowest BCUT2D eigenvalue weighted by Crippen LogP contribution is -2.16. The smallest absolute Gasteiger partial charge is 0.337 e. The van der Waals surface area contributed by atoms with E-state index in [-0.39, 0.29) is 28.2 Å². The van der Waals surface area contributed by atoms with Gasteiger partial charge in [0.15, 0.2) is 17.2 Å². The molecule has 30 heavy (non-hydrogen) atoms. The molecule has 4 aromatic rings. The zero-order valence-electron chi connectivity index (χ0n) is 15.7. The van der Waals surface area contributed by atoms with Crippen LogP contribution in [0.3, 0.4) is 0 Å². The third kappa shape index (κ3) is 3.15. The van der Waals surface area contributed by atoms with Crippen LogP contribution >= 0.6 is 0 Å². The fourth-order valence-corrected chi connectivity index (χ4v) is 3.05. The van der Waals surface area contributed by atoms with Gasteiger partial charge in [0.25, 0.3) is 5.91 Å². The molecule has 0 radical (unpaired) electrons. The number of hydrogen-bond acceptors (Lipinski definition) is 7. The number of esters is 1. The van der Waals surface area contributed by atoms with Crippen LogP contribution in [0.4, 0.5) is 5.69 Å². The molecular formula is C20H16N6O4. The van der Waals surface area contributed by atoms with Gasteiger partial charge in [-0.15, -0.1) is 0 Å². The summed E-state index contributed by atoms with van der Waals surface area (Å²) in [6.45, 7) is 0. The van der Waals surface area contributed by atoms with Crippen LogP contribution < -0.4 is 17.2 Å². The second kappa shape index (κ2) is 7.17. The standard InChI is InChI=1S/C20H16N6O4/c1-30-19(28)11-3-2-4-13(9-11)26-18-15(24-20(26)29)14(16(22)27)23-17(25-18)10-5-7-12(21)8-6-10/h2-9H,21H2,1H3,(H2,22,27)(H,24,29). The number of nitrogen functional groups attached to an aromatic ring is 1. The predicted molar refractivity (Wildman–Crippen MR) is 109 cm³/mol. The Kier molecular flexibility index (Phi) is 4.51. The number of nitrogens with zero attached hydrogens (tertiary/aromatic N) is 3. The minimum Gasteiger partial charge on any atom is -0.465 e. The Bertz CT molecular complexity index is 1350. The molecule has 0 aliphatic rings. The molecule has 0 fully saturated rings. The first-order valence-electron chi connectivity index (χ1n) is 8.76. The average Bonchev–Trinajstić information content (AvgIpc) is 3.08. The Hall–Kier alpha value is -4.47. The van der Waals surface area contributed by atoms with Crippen LogP contribution in [0.15, 0.2) is 53.3 Å². The number of hydrogen-bond donors (Lipinski definition) is 3. The molecule has 2 heterocycles. The van der Waals surface area contributed by atoms with Gasteiger partial charge in [0.2, 0.25) is 0 Å². The topological polar surface area (TPSA) is 159 Å². The van der Waals surface area contributed by atoms with Crippen LogP contribution in [-0.4, -0.2) is 38.5 Å². The SMILES string of the molecule is COC(=O)c1cccc(-n2c(=O)[nH]c3c(C(N)=O)nc(-c4ccc(N)cc4)nc32)c1. The molecule has 2 aromatic heterocycles. The number of aromatic amines is 1. The molecule has 150 valence electrons. The third-order valence-electron chi connectivity index (χ3n) is 4.46. The molecule has 0 atom stereocenters. The van der Waals surface area contributed by atoms with E-state index in [0.717, 1.165) is 0 Å². The number of carbonyl (C=O) groups excluding carboxylic acids is 2. The van der Waals surface area contributed by atoms with Crippen molar-refractivity contribution in [2.75, 3.05) is 12.8 Å². The number of H-pyrrole nitrogens is 1. The Morgan fingerprint density at radius 2 is 1.83 bits per heavy atom. The van der Waals surface area contributed by atoms with E-state index >= 15 is 0 Å². The number of methoxy groups -OCH3 is 1. The van der Waals surface area contributed by atoms with Crippen LogP contribution in [0.5, 0.6) is 0 Å². The van der Waals surface area contributed by atoms with Crippen LogP contribution in [0.25, 0.3) is 28.2 Å². The van der Waals surface area contributed by atoms with Crippen molar-refractivity contribution in [2.45, 2.75) is 0 Å². The lowest BCUT2D eigenvalue weighted by atomic mass is 10.2. The van der Waals surface area contributed by atoms with Crippen molar-refractivity contribution in [2.24, 2.45) is 5.73 Å². The van der Waals surface area contributed by atoms with Crippen LogP contribution in [0.1, 0.15) is 20.8 Å². The molecule has 10 heteroatoms. The van der Waals surface area contributed by atoms with Gasteiger partial charge in [-0.2, -0.15) is 0 Å². The Morgan fingerprint density at radius 3 is 2.50 bits per heavy atom. The maximum absolute atomic E-state index is 12.7. The number of rotatable bonds is 4. The number of aromatic nitrogens is 4. The minimum absolute atomic E-state index is 0.0927. The number of imidazole rings is 1. The number of fused-ring (bicyclic) bond motifs is 1. The number of anilines is 1. The molecule has 0 saturated carbocycles. The number of amides is 1. The van der Waals surface area contributed by atoms with E-state index in [1.165, 1.54) is 17.7 Å². The molecule has 0 spiro atoms. The van der Waals surface area contributed by atoms with Gasteiger partial charge < -0.3 is 21.2 Å². The minimum atomic E-state index is -0.823. The van der Waals surface area contributed by atoms with E-state index in [1.54, 1.807) is 42.5 Å². The maximum atomic E-state index is 12.7. The lowest BCUT2D eigenvalue weighted by Gasteiger charge is -2.08. The number of ether oxygens (including phenoxy) is 1. The van der Waals surface area contributed by atoms with E-state index in [4.69, 9.17) is 16.2 Å². The quantitative estimate of drug-likeness (QED) is 0.341. The van der Waals surface area contributed by atoms with Gasteiger partial charge in [0.1, 0.15) is 5.52 Å². The van der Waals surface area contributed by atoms with Gasteiger partial charge in [-0.3, -0.25) is 4.79 Å². The first-order valence-corrected chi connectivity index (χ1v) is 8.76. The monoisotopic (exact) mass is 404 g/mol. The van der Waals surface area contributed by atoms with E-state index < -0.39 is 17.6 Å². The average molecular weight is 404 g/mol. The highest BCUT2D eigenvalue weighted by Crippen LogP contribution is 2.23. The van der Waals surface area contributed by atoms with Gasteiger partial charge in [0, 0.05) is 11.3 Å². The van der Waals surface area contributed by atoms with Crippen LogP contribution in [0.2, 0.25) is 0 Å². The van der Waals surface area contributed by atoms with E-state index in [2.05, 4.69) is 15.0 Å². The molecule has 1 amide bonds. The van der Waals surface area contributed by atoms with E-state index in [0.29, 0.717) is 16.9 Å². The van der Waals surface area contributed by atoms with Crippen molar-refractivity contribution in [1.29, 1.82) is 0 Å². The number of carbonyl (C=O) groups is 2. The fourth-order valence-electron chi connectivity index (χ4n) is 3.05. The summed E-state index contributed by atoms with van der Waals surface area (Å²) < 4.78 is 5.97. The Morgan fingerprint density at radius 1 is 1.10 bits per heavy atom. The Balaban J connectivity index is 2.01. The number of nitrogens with two attached hydrogens (primary N) is 2. The largest absolute Gasteiger partial charge is 0.465 e. The highest BCUT2D eigenvalue weighted by molar-refractivity contribution is 6.02. The van der Waals surface area contributed by atoms with E-state index in [9.17, 15) is 14.4 Å². The summed E-state index contributed by atoms with van der Waals surface area (Å²) in [5.41, 5.74) is 12.5. The van der Waals surface area contributed by atoms with Gasteiger partial charge in [-0.1, -0.05) is 6.07 Å². The Labute approximate surface area is 169 Å². The second-order valence-electron chi connectivity index (χ2n) is 6.39. The van der Waals surface area contributed by atoms with Gasteiger partial charge >= 0.3 is 11.7 Å². The molecular weight excluding hydrogens is 388 g/mol. The molecule has 0 aliphatic carbocycles. The molecule has 4 rings (SSSR count). The van der Waals surface area contributed by atoms with Gasteiger partial charge in [-0.05, 0) is 42.5 Å². The molecule has 0 saturated heterocycles. The summed E-state index contributed by atoms with van der Waals surface area (Å²) in [4.78, 5) is 47.9. The molecule has 0 aliphatic heterocycles. The maximum Gasteiger partial charge on any atom is 0.337 e. The van der Waals surface area contributed by atoms with Crippen molar-refractivity contribution in [1.82, 2.24) is 19.5 Å². The van der Waals surface area contributed by atoms with Crippen molar-refractivity contribution < 1.29 is 14.3 Å². The normalized spacial score (nSPS) is 10.8. The van der Waals surface area contributed by atoms with Gasteiger partial charge in [-0.25, -0.2) is 24.1 Å². The van der Waals surface area contributed by atoms with Crippen molar-refractivity contribution in [3.05, 3.63) is 70.3 Å². The molecule has 5 N–H and O–H groups in total. The zero-order chi connectivity index (χ0) is 21.4. The first-order chi connectivity index (χ1) is 14.4. The first kappa shape index (κ1) is 18.9. The molecule has 0 unspecified atom stereocenters. The molecule has 0 bridgehead atoms. The van der Waals surface area contributed by atoms with E-state index in [1.807, 2.05) is 0 Å². The van der Waals surface area contributed by atoms with Crippen molar-refractivity contribution >= 4 is 28.7 Å². The molecule has 2 aromatic carbocycles.